The van der Waals surface area contributed by atoms with Crippen LogP contribution in [0.5, 0.6) is 0 Å². The largest absolute Gasteiger partial charge is 0.381 e. The van der Waals surface area contributed by atoms with Crippen LogP contribution in [0.25, 0.3) is 0 Å². The molecule has 1 saturated heterocycles. The van der Waals surface area contributed by atoms with Gasteiger partial charge in [-0.05, 0) is 43.4 Å². The Morgan fingerprint density at radius 2 is 1.88 bits per heavy atom. The SMILES string of the molecule is BC1CCCC(CC(C)C)(C(C)C(C)C)O1. The Bertz CT molecular complexity index is 211. The third-order valence-corrected chi connectivity index (χ3v) is 4.23. The quantitative estimate of drug-likeness (QED) is 0.666. The number of ether oxygens (including phenoxy) is 1. The first-order valence-electron chi connectivity index (χ1n) is 7.05. The van der Waals surface area contributed by atoms with Crippen molar-refractivity contribution in [3.05, 3.63) is 0 Å². The summed E-state index contributed by atoms with van der Waals surface area (Å²) in [5.41, 5.74) is 0.153. The van der Waals surface area contributed by atoms with Gasteiger partial charge in [-0.2, -0.15) is 0 Å². The summed E-state index contributed by atoms with van der Waals surface area (Å²) < 4.78 is 6.41. The van der Waals surface area contributed by atoms with Crippen molar-refractivity contribution in [1.29, 1.82) is 0 Å². The van der Waals surface area contributed by atoms with Crippen molar-refractivity contribution >= 4 is 7.85 Å². The van der Waals surface area contributed by atoms with Gasteiger partial charge < -0.3 is 4.74 Å². The van der Waals surface area contributed by atoms with Crippen LogP contribution < -0.4 is 0 Å². The third kappa shape index (κ3) is 3.26. The molecule has 0 aliphatic carbocycles. The average Bonchev–Trinajstić information content (AvgIpc) is 2.15. The van der Waals surface area contributed by atoms with Crippen molar-refractivity contribution in [2.45, 2.75) is 71.9 Å². The smallest absolute Gasteiger partial charge is 0.139 e. The molecule has 0 N–H and O–H groups in total. The summed E-state index contributed by atoms with van der Waals surface area (Å²) in [6, 6.07) is 0.452. The molecule has 1 aliphatic heterocycles. The summed E-state index contributed by atoms with van der Waals surface area (Å²) in [6.45, 7) is 11.7. The average molecular weight is 224 g/mol. The van der Waals surface area contributed by atoms with Crippen molar-refractivity contribution < 1.29 is 4.74 Å². The summed E-state index contributed by atoms with van der Waals surface area (Å²) in [4.78, 5) is 0. The second kappa shape index (κ2) is 5.57. The fraction of sp³-hybridized carbons (Fsp3) is 1.00. The first-order valence-corrected chi connectivity index (χ1v) is 7.05. The van der Waals surface area contributed by atoms with E-state index in [0.29, 0.717) is 17.8 Å². The van der Waals surface area contributed by atoms with E-state index in [0.717, 1.165) is 5.92 Å². The standard InChI is InChI=1S/C14H29BO/c1-10(2)9-14(12(5)11(3)4)8-6-7-13(15)16-14/h10-13H,6-9,15H2,1-5H3. The molecule has 1 rings (SSSR count). The highest BCUT2D eigenvalue weighted by molar-refractivity contribution is 6.11. The molecule has 3 unspecified atom stereocenters. The number of hydrogen-bond acceptors (Lipinski definition) is 1. The summed E-state index contributed by atoms with van der Waals surface area (Å²) in [5.74, 6) is 2.10. The van der Waals surface area contributed by atoms with Gasteiger partial charge in [-0.1, -0.05) is 34.6 Å². The lowest BCUT2D eigenvalue weighted by Gasteiger charge is -2.47. The molecule has 1 heterocycles. The molecule has 0 radical (unpaired) electrons. The molecule has 0 aromatic rings. The third-order valence-electron chi connectivity index (χ3n) is 4.23. The zero-order valence-corrected chi connectivity index (χ0v) is 12.0. The topological polar surface area (TPSA) is 9.23 Å². The molecule has 2 heteroatoms. The van der Waals surface area contributed by atoms with Crippen LogP contribution in [-0.4, -0.2) is 19.5 Å². The zero-order chi connectivity index (χ0) is 12.3. The van der Waals surface area contributed by atoms with Crippen molar-refractivity contribution in [2.24, 2.45) is 17.8 Å². The van der Waals surface area contributed by atoms with Gasteiger partial charge in [-0.25, -0.2) is 0 Å². The van der Waals surface area contributed by atoms with E-state index in [1.807, 2.05) is 0 Å². The van der Waals surface area contributed by atoms with Crippen molar-refractivity contribution in [1.82, 2.24) is 0 Å². The van der Waals surface area contributed by atoms with Crippen LogP contribution in [0.1, 0.15) is 60.3 Å². The van der Waals surface area contributed by atoms with Crippen LogP contribution in [0.15, 0.2) is 0 Å². The van der Waals surface area contributed by atoms with Crippen LogP contribution in [-0.2, 0) is 4.74 Å². The predicted molar refractivity (Wildman–Crippen MR) is 73.5 cm³/mol. The van der Waals surface area contributed by atoms with E-state index in [9.17, 15) is 0 Å². The van der Waals surface area contributed by atoms with Gasteiger partial charge in [0.05, 0.1) is 5.60 Å². The Kier molecular flexibility index (Phi) is 4.91. The maximum Gasteiger partial charge on any atom is 0.139 e. The second-order valence-electron chi connectivity index (χ2n) is 6.52. The highest BCUT2D eigenvalue weighted by Gasteiger charge is 2.42. The van der Waals surface area contributed by atoms with Crippen LogP contribution >= 0.6 is 0 Å². The zero-order valence-electron chi connectivity index (χ0n) is 12.0. The van der Waals surface area contributed by atoms with E-state index >= 15 is 0 Å². The summed E-state index contributed by atoms with van der Waals surface area (Å²) in [6.07, 6.45) is 5.06. The molecule has 16 heavy (non-hydrogen) atoms. The molecule has 0 saturated carbocycles. The lowest BCUT2D eigenvalue weighted by Crippen LogP contribution is -2.48. The molecule has 0 aromatic heterocycles. The van der Waals surface area contributed by atoms with E-state index in [1.54, 1.807) is 0 Å². The highest BCUT2D eigenvalue weighted by atomic mass is 16.5. The Morgan fingerprint density at radius 1 is 1.25 bits per heavy atom. The minimum atomic E-state index is 0.153. The summed E-state index contributed by atoms with van der Waals surface area (Å²) in [5, 5.41) is 0. The minimum Gasteiger partial charge on any atom is -0.381 e. The van der Waals surface area contributed by atoms with Gasteiger partial charge in [0.1, 0.15) is 7.85 Å². The van der Waals surface area contributed by atoms with Gasteiger partial charge in [0.25, 0.3) is 0 Å². The Labute approximate surface area is 103 Å². The molecule has 3 atom stereocenters. The lowest BCUT2D eigenvalue weighted by molar-refractivity contribution is -0.148. The van der Waals surface area contributed by atoms with Crippen molar-refractivity contribution in [3.63, 3.8) is 0 Å². The van der Waals surface area contributed by atoms with E-state index in [1.165, 1.54) is 25.7 Å². The van der Waals surface area contributed by atoms with Gasteiger partial charge >= 0.3 is 0 Å². The van der Waals surface area contributed by atoms with Crippen molar-refractivity contribution in [3.8, 4) is 0 Å². The molecular weight excluding hydrogens is 195 g/mol. The van der Waals surface area contributed by atoms with Crippen LogP contribution in [0.4, 0.5) is 0 Å². The normalized spacial score (nSPS) is 33.3. The van der Waals surface area contributed by atoms with Crippen LogP contribution in [0, 0.1) is 17.8 Å². The first kappa shape index (κ1) is 14.1. The van der Waals surface area contributed by atoms with Crippen LogP contribution in [0.3, 0.4) is 0 Å². The molecule has 1 aliphatic rings. The maximum absolute atomic E-state index is 6.41. The molecular formula is C14H29BO. The fourth-order valence-corrected chi connectivity index (χ4v) is 3.18. The minimum absolute atomic E-state index is 0.153. The van der Waals surface area contributed by atoms with Gasteiger partial charge in [0.2, 0.25) is 0 Å². The molecule has 1 nitrogen and oxygen atoms in total. The predicted octanol–water partition coefficient (Wildman–Crippen LogP) is 3.22. The Morgan fingerprint density at radius 3 is 2.31 bits per heavy atom. The van der Waals surface area contributed by atoms with Gasteiger partial charge in [-0.3, -0.25) is 0 Å². The molecule has 0 bridgehead atoms. The van der Waals surface area contributed by atoms with Gasteiger partial charge in [0, 0.05) is 6.00 Å². The second-order valence-corrected chi connectivity index (χ2v) is 6.52. The maximum atomic E-state index is 6.41. The van der Waals surface area contributed by atoms with Gasteiger partial charge in [-0.15, -0.1) is 0 Å². The molecule has 94 valence electrons. The highest BCUT2D eigenvalue weighted by Crippen LogP contribution is 2.42. The summed E-state index contributed by atoms with van der Waals surface area (Å²) >= 11 is 0. The number of rotatable bonds is 4. The molecule has 0 aromatic carbocycles. The molecule has 1 fully saturated rings. The lowest BCUT2D eigenvalue weighted by atomic mass is 9.70. The molecule has 0 spiro atoms. The van der Waals surface area contributed by atoms with E-state index in [-0.39, 0.29) is 5.60 Å². The van der Waals surface area contributed by atoms with Gasteiger partial charge in [0.15, 0.2) is 0 Å². The summed E-state index contributed by atoms with van der Waals surface area (Å²) in [7, 11) is 2.24. The fourth-order valence-electron chi connectivity index (χ4n) is 3.18. The van der Waals surface area contributed by atoms with Crippen LogP contribution in [0.2, 0.25) is 0 Å². The van der Waals surface area contributed by atoms with Crippen molar-refractivity contribution in [2.75, 3.05) is 0 Å². The first-order chi connectivity index (χ1) is 7.37. The molecule has 0 amide bonds. The van der Waals surface area contributed by atoms with E-state index in [4.69, 9.17) is 4.74 Å². The van der Waals surface area contributed by atoms with E-state index < -0.39 is 0 Å². The Balaban J connectivity index is 2.82. The van der Waals surface area contributed by atoms with E-state index in [2.05, 4.69) is 42.5 Å². The Hall–Kier alpha value is 0.0249. The number of hydrogen-bond donors (Lipinski definition) is 0. The monoisotopic (exact) mass is 224 g/mol.